The first-order valence-electron chi connectivity index (χ1n) is 9.14. The Kier molecular flexibility index (Phi) is 6.01. The zero-order valence-electron chi connectivity index (χ0n) is 15.9. The summed E-state index contributed by atoms with van der Waals surface area (Å²) >= 11 is 0. The lowest BCUT2D eigenvalue weighted by Crippen LogP contribution is -2.54. The quantitative estimate of drug-likeness (QED) is 0.434. The van der Waals surface area contributed by atoms with Crippen molar-refractivity contribution in [1.29, 1.82) is 0 Å². The van der Waals surface area contributed by atoms with Gasteiger partial charge < -0.3 is 10.7 Å². The van der Waals surface area contributed by atoms with Crippen LogP contribution in [-0.2, 0) is 10.0 Å². The fourth-order valence-corrected chi connectivity index (χ4v) is 4.44. The summed E-state index contributed by atoms with van der Waals surface area (Å²) in [4.78, 5) is 35.6. The number of aromatic amines is 1. The van der Waals surface area contributed by atoms with Gasteiger partial charge in [0.2, 0.25) is 21.9 Å². The van der Waals surface area contributed by atoms with Crippen molar-refractivity contribution in [2.24, 2.45) is 10.7 Å². The van der Waals surface area contributed by atoms with Crippen LogP contribution in [0.25, 0.3) is 11.0 Å². The highest BCUT2D eigenvalue weighted by atomic mass is 32.2. The molecule has 0 spiro atoms. The maximum absolute atomic E-state index is 12.4. The number of imide groups is 1. The van der Waals surface area contributed by atoms with E-state index in [0.29, 0.717) is 18.4 Å². The average molecular weight is 421 g/mol. The Balaban J connectivity index is 1.65. The van der Waals surface area contributed by atoms with Crippen LogP contribution in [0.4, 0.5) is 15.5 Å². The summed E-state index contributed by atoms with van der Waals surface area (Å²) in [6, 6.07) is 4.76. The molecule has 1 fully saturated rings. The molecule has 4 amide bonds. The lowest BCUT2D eigenvalue weighted by molar-refractivity contribution is 0.198. The summed E-state index contributed by atoms with van der Waals surface area (Å²) in [5.74, 6) is -0.131. The number of para-hydroxylation sites is 2. The SMILES string of the molecule is CS(=O)(=O)N(C(=O)NC(=O)N/C(N)=N/c1nc2ccccc2[nH]1)C1CCCCC1. The second-order valence-electron chi connectivity index (χ2n) is 6.81. The number of hydrogen-bond donors (Lipinski definition) is 4. The molecule has 0 atom stereocenters. The molecule has 1 aliphatic rings. The summed E-state index contributed by atoms with van der Waals surface area (Å²) in [6.07, 6.45) is 4.72. The number of imidazole rings is 1. The van der Waals surface area contributed by atoms with Gasteiger partial charge >= 0.3 is 12.1 Å². The number of guanidine groups is 1. The minimum absolute atomic E-state index is 0.176. The average Bonchev–Trinajstić information content (AvgIpc) is 3.03. The minimum Gasteiger partial charge on any atom is -0.369 e. The number of H-pyrrole nitrogens is 1. The Labute approximate surface area is 167 Å². The number of fused-ring (bicyclic) bond motifs is 1. The van der Waals surface area contributed by atoms with Gasteiger partial charge in [-0.3, -0.25) is 10.6 Å². The van der Waals surface area contributed by atoms with Gasteiger partial charge in [-0.1, -0.05) is 31.4 Å². The number of carbonyl (C=O) groups excluding carboxylic acids is 2. The molecule has 11 nitrogen and oxygen atoms in total. The first-order chi connectivity index (χ1) is 13.7. The van der Waals surface area contributed by atoms with Crippen molar-refractivity contribution in [3.05, 3.63) is 24.3 Å². The van der Waals surface area contributed by atoms with E-state index < -0.39 is 28.1 Å². The van der Waals surface area contributed by atoms with Crippen LogP contribution in [0.5, 0.6) is 0 Å². The maximum Gasteiger partial charge on any atom is 0.339 e. The van der Waals surface area contributed by atoms with Crippen LogP contribution in [0.15, 0.2) is 29.3 Å². The van der Waals surface area contributed by atoms with Gasteiger partial charge in [0.1, 0.15) is 0 Å². The monoisotopic (exact) mass is 421 g/mol. The third-order valence-electron chi connectivity index (χ3n) is 4.53. The number of sulfonamides is 1. The number of nitrogens with one attached hydrogen (secondary N) is 3. The second kappa shape index (κ2) is 8.47. The van der Waals surface area contributed by atoms with Gasteiger partial charge in [-0.15, -0.1) is 0 Å². The van der Waals surface area contributed by atoms with Gasteiger partial charge in [-0.2, -0.15) is 4.99 Å². The fraction of sp³-hybridized carbons (Fsp3) is 0.412. The number of amides is 4. The van der Waals surface area contributed by atoms with Crippen molar-refractivity contribution < 1.29 is 18.0 Å². The maximum atomic E-state index is 12.4. The third-order valence-corrected chi connectivity index (χ3v) is 5.71. The van der Waals surface area contributed by atoms with Gasteiger partial charge in [0.05, 0.1) is 17.3 Å². The summed E-state index contributed by atoms with van der Waals surface area (Å²) < 4.78 is 24.9. The smallest absolute Gasteiger partial charge is 0.339 e. The van der Waals surface area contributed by atoms with E-state index in [9.17, 15) is 18.0 Å². The highest BCUT2D eigenvalue weighted by molar-refractivity contribution is 7.88. The molecule has 1 saturated carbocycles. The molecule has 0 unspecified atom stereocenters. The highest BCUT2D eigenvalue weighted by Gasteiger charge is 2.33. The molecule has 1 heterocycles. The summed E-state index contributed by atoms with van der Waals surface area (Å²) in [7, 11) is -3.84. The Hall–Kier alpha value is -3.15. The van der Waals surface area contributed by atoms with Crippen LogP contribution in [0.3, 0.4) is 0 Å². The minimum atomic E-state index is -3.84. The molecule has 2 aromatic rings. The molecule has 12 heteroatoms. The van der Waals surface area contributed by atoms with Crippen molar-refractivity contribution in [3.8, 4) is 0 Å². The lowest BCUT2D eigenvalue weighted by Gasteiger charge is -2.32. The Morgan fingerprint density at radius 1 is 1.21 bits per heavy atom. The molecule has 29 heavy (non-hydrogen) atoms. The van der Waals surface area contributed by atoms with Gasteiger partial charge in [-0.05, 0) is 25.0 Å². The van der Waals surface area contributed by atoms with Gasteiger partial charge in [-0.25, -0.2) is 27.3 Å². The number of urea groups is 2. The first-order valence-corrected chi connectivity index (χ1v) is 11.0. The highest BCUT2D eigenvalue weighted by Crippen LogP contribution is 2.24. The predicted molar refractivity (Wildman–Crippen MR) is 108 cm³/mol. The second-order valence-corrected chi connectivity index (χ2v) is 8.67. The molecular weight excluding hydrogens is 398 g/mol. The Morgan fingerprint density at radius 2 is 1.90 bits per heavy atom. The Bertz CT molecular complexity index is 1010. The zero-order chi connectivity index (χ0) is 21.0. The van der Waals surface area contributed by atoms with Gasteiger partial charge in [0.25, 0.3) is 0 Å². The molecule has 5 N–H and O–H groups in total. The van der Waals surface area contributed by atoms with Crippen LogP contribution in [0.2, 0.25) is 0 Å². The summed E-state index contributed by atoms with van der Waals surface area (Å²) in [5, 5.41) is 4.18. The van der Waals surface area contributed by atoms with E-state index in [2.05, 4.69) is 20.3 Å². The van der Waals surface area contributed by atoms with Crippen molar-refractivity contribution in [2.45, 2.75) is 38.1 Å². The number of aliphatic imine (C=N–C) groups is 1. The normalized spacial score (nSPS) is 15.8. The number of nitrogens with two attached hydrogens (primary N) is 1. The number of hydrogen-bond acceptors (Lipinski definition) is 6. The molecule has 0 bridgehead atoms. The topological polar surface area (TPSA) is 163 Å². The molecule has 1 aliphatic carbocycles. The van der Waals surface area contributed by atoms with Crippen molar-refractivity contribution in [3.63, 3.8) is 0 Å². The van der Waals surface area contributed by atoms with Crippen molar-refractivity contribution in [1.82, 2.24) is 24.9 Å². The van der Waals surface area contributed by atoms with Crippen LogP contribution in [0, 0.1) is 0 Å². The van der Waals surface area contributed by atoms with E-state index in [1.54, 1.807) is 12.1 Å². The molecule has 1 aromatic carbocycles. The molecule has 0 aliphatic heterocycles. The molecule has 1 aromatic heterocycles. The van der Waals surface area contributed by atoms with E-state index in [-0.39, 0.29) is 11.9 Å². The fourth-order valence-electron chi connectivity index (χ4n) is 3.34. The van der Waals surface area contributed by atoms with Crippen LogP contribution in [0.1, 0.15) is 32.1 Å². The number of rotatable bonds is 3. The van der Waals surface area contributed by atoms with E-state index >= 15 is 0 Å². The van der Waals surface area contributed by atoms with E-state index in [1.807, 2.05) is 17.4 Å². The molecule has 156 valence electrons. The van der Waals surface area contributed by atoms with Crippen molar-refractivity contribution in [2.75, 3.05) is 6.26 Å². The molecular formula is C17H23N7O4S. The van der Waals surface area contributed by atoms with Gasteiger partial charge in [0.15, 0.2) is 0 Å². The van der Waals surface area contributed by atoms with E-state index in [1.165, 1.54) is 0 Å². The van der Waals surface area contributed by atoms with Crippen molar-refractivity contribution >= 4 is 45.0 Å². The zero-order valence-corrected chi connectivity index (χ0v) is 16.7. The Morgan fingerprint density at radius 3 is 2.55 bits per heavy atom. The van der Waals surface area contributed by atoms with Crippen LogP contribution >= 0.6 is 0 Å². The third kappa shape index (κ3) is 5.22. The molecule has 0 saturated heterocycles. The largest absolute Gasteiger partial charge is 0.369 e. The first kappa shape index (κ1) is 20.6. The number of benzene rings is 1. The summed E-state index contributed by atoms with van der Waals surface area (Å²) in [5.41, 5.74) is 7.11. The predicted octanol–water partition coefficient (Wildman–Crippen LogP) is 1.52. The van der Waals surface area contributed by atoms with Crippen LogP contribution < -0.4 is 16.4 Å². The number of carbonyl (C=O) groups is 2. The van der Waals surface area contributed by atoms with E-state index in [0.717, 1.165) is 35.3 Å². The molecule has 3 rings (SSSR count). The number of nitrogens with zero attached hydrogens (tertiary/aromatic N) is 3. The summed E-state index contributed by atoms with van der Waals surface area (Å²) in [6.45, 7) is 0. The standard InChI is InChI=1S/C17H23N7O4S/c1-29(27,28)24(11-7-3-2-4-8-11)17(26)23-16(25)22-14(18)21-15-19-12-9-5-6-10-13(12)20-15/h5-6,9-11H,2-4,7-8H2,1H3,(H5,18,19,20,21,22,23,25,26). The lowest BCUT2D eigenvalue weighted by atomic mass is 9.96. The number of aromatic nitrogens is 2. The van der Waals surface area contributed by atoms with E-state index in [4.69, 9.17) is 5.73 Å². The van der Waals surface area contributed by atoms with Gasteiger partial charge in [0, 0.05) is 6.04 Å². The van der Waals surface area contributed by atoms with Crippen LogP contribution in [-0.4, -0.2) is 53.0 Å². The molecule has 0 radical (unpaired) electrons.